The lowest BCUT2D eigenvalue weighted by Crippen LogP contribution is -2.42. The number of hydrogen-bond acceptors (Lipinski definition) is 10. The zero-order valence-electron chi connectivity index (χ0n) is 24.9. The van der Waals surface area contributed by atoms with Gasteiger partial charge in [-0.3, -0.25) is 18.6 Å². The first-order chi connectivity index (χ1) is 23.2. The molecule has 13 nitrogen and oxygen atoms in total. The van der Waals surface area contributed by atoms with Gasteiger partial charge in [0.1, 0.15) is 27.8 Å². The lowest BCUT2D eigenvalue weighted by atomic mass is 10.0. The number of para-hydroxylation sites is 3. The van der Waals surface area contributed by atoms with E-state index in [4.69, 9.17) is 4.74 Å². The van der Waals surface area contributed by atoms with E-state index in [1.807, 2.05) is 0 Å². The van der Waals surface area contributed by atoms with Crippen molar-refractivity contribution in [3.05, 3.63) is 114 Å². The average molecular weight is 718 g/mol. The largest absolute Gasteiger partial charge is 0.492 e. The lowest BCUT2D eigenvalue weighted by Gasteiger charge is -2.33. The number of ether oxygens (including phenoxy) is 1. The Labute approximate surface area is 278 Å². The first-order valence-corrected chi connectivity index (χ1v) is 17.4. The van der Waals surface area contributed by atoms with Gasteiger partial charge < -0.3 is 14.6 Å². The summed E-state index contributed by atoms with van der Waals surface area (Å²) in [4.78, 5) is 39.4. The smallest absolute Gasteiger partial charge is 0.439 e. The van der Waals surface area contributed by atoms with Gasteiger partial charge in [-0.1, -0.05) is 54.6 Å². The SMILES string of the molecule is O=C1CC(c2ccc(C[C@@H](c3nc4ccccc4[nH]3)N(OC(=O)C(F)(F)F)S(=O)(=O)c3ccc(Oc4ccccc4)nc3)cc2)S(O)(O)N1. The van der Waals surface area contributed by atoms with Crippen LogP contribution in [0.1, 0.15) is 34.7 Å². The second-order valence-electron chi connectivity index (χ2n) is 10.8. The molecule has 1 unspecified atom stereocenters. The highest BCUT2D eigenvalue weighted by atomic mass is 32.3. The standard InChI is InChI=1S/C31H26F3N5O8S2/c32-31(33,34)30(41)47-39(49(44,45)22-14-15-28(35-18-22)46-21-6-2-1-3-7-21)25(29-36-23-8-4-5-9-24(23)37-29)16-19-10-12-20(13-11-19)26-17-27(40)38-48(26,42)43/h1-15,18,25-26,42-43H,16-17H2,(H,36,37)(H,38,40)/t25-,26?/m0/s1. The molecule has 18 heteroatoms. The molecule has 256 valence electrons. The number of alkyl halides is 3. The molecule has 6 rings (SSSR count). The van der Waals surface area contributed by atoms with Gasteiger partial charge in [0.05, 0.1) is 23.7 Å². The molecule has 0 aliphatic carbocycles. The van der Waals surface area contributed by atoms with Crippen molar-refractivity contribution < 1.29 is 49.9 Å². The van der Waals surface area contributed by atoms with Crippen LogP contribution in [0.15, 0.2) is 102 Å². The predicted molar refractivity (Wildman–Crippen MR) is 169 cm³/mol. The van der Waals surface area contributed by atoms with Gasteiger partial charge in [0.2, 0.25) is 11.8 Å². The van der Waals surface area contributed by atoms with Crippen LogP contribution in [0, 0.1) is 0 Å². The Kier molecular flexibility index (Phi) is 9.07. The van der Waals surface area contributed by atoms with Crippen LogP contribution >= 0.6 is 10.8 Å². The van der Waals surface area contributed by atoms with E-state index in [0.717, 1.165) is 12.3 Å². The minimum Gasteiger partial charge on any atom is -0.439 e. The van der Waals surface area contributed by atoms with Crippen molar-refractivity contribution in [1.82, 2.24) is 24.1 Å². The number of nitrogens with zero attached hydrogens (tertiary/aromatic N) is 3. The van der Waals surface area contributed by atoms with Gasteiger partial charge in [-0.05, 0) is 52.3 Å². The molecular formula is C31H26F3N5O8S2. The Morgan fingerprint density at radius 2 is 1.69 bits per heavy atom. The van der Waals surface area contributed by atoms with E-state index in [9.17, 15) is 40.3 Å². The van der Waals surface area contributed by atoms with E-state index in [-0.39, 0.29) is 29.0 Å². The maximum Gasteiger partial charge on any atom is 0.492 e. The van der Waals surface area contributed by atoms with Crippen LogP contribution in [-0.4, -0.2) is 55.0 Å². The van der Waals surface area contributed by atoms with Gasteiger partial charge in [0.25, 0.3) is 10.0 Å². The number of benzene rings is 3. The summed E-state index contributed by atoms with van der Waals surface area (Å²) in [6.07, 6.45) is -5.30. The fourth-order valence-electron chi connectivity index (χ4n) is 5.07. The van der Waals surface area contributed by atoms with Gasteiger partial charge >= 0.3 is 12.1 Å². The van der Waals surface area contributed by atoms with Crippen LogP contribution in [0.4, 0.5) is 13.2 Å². The van der Waals surface area contributed by atoms with Crippen LogP contribution in [0.25, 0.3) is 11.0 Å². The van der Waals surface area contributed by atoms with Crippen molar-refractivity contribution in [2.45, 2.75) is 35.2 Å². The quantitative estimate of drug-likeness (QED) is 0.126. The summed E-state index contributed by atoms with van der Waals surface area (Å²) in [5.41, 5.74) is 1.48. The van der Waals surface area contributed by atoms with E-state index in [2.05, 4.69) is 24.5 Å². The predicted octanol–water partition coefficient (Wildman–Crippen LogP) is 5.97. The van der Waals surface area contributed by atoms with Crippen molar-refractivity contribution >= 4 is 43.7 Å². The fraction of sp³-hybridized carbons (Fsp3) is 0.161. The summed E-state index contributed by atoms with van der Waals surface area (Å²) in [7, 11) is -8.57. The number of nitrogens with one attached hydrogen (secondary N) is 2. The third kappa shape index (κ3) is 7.37. The number of imidazole rings is 1. The molecule has 1 fully saturated rings. The number of pyridine rings is 1. The summed E-state index contributed by atoms with van der Waals surface area (Å²) in [5.74, 6) is -3.13. The van der Waals surface area contributed by atoms with E-state index in [1.165, 1.54) is 30.3 Å². The molecule has 49 heavy (non-hydrogen) atoms. The molecule has 5 aromatic rings. The van der Waals surface area contributed by atoms with Crippen LogP contribution in [0.5, 0.6) is 11.6 Å². The van der Waals surface area contributed by atoms with Crippen molar-refractivity contribution in [2.75, 3.05) is 0 Å². The number of H-pyrrole nitrogens is 1. The van der Waals surface area contributed by atoms with Crippen molar-refractivity contribution in [3.63, 3.8) is 0 Å². The number of aromatic nitrogens is 3. The number of amides is 1. The molecule has 1 aliphatic heterocycles. The van der Waals surface area contributed by atoms with Gasteiger partial charge in [0.15, 0.2) is 0 Å². The third-order valence-electron chi connectivity index (χ3n) is 7.40. The van der Waals surface area contributed by atoms with Gasteiger partial charge in [-0.2, -0.15) is 13.2 Å². The van der Waals surface area contributed by atoms with Gasteiger partial charge in [-0.25, -0.2) is 23.2 Å². The molecular weight excluding hydrogens is 691 g/mol. The van der Waals surface area contributed by atoms with E-state index in [1.54, 1.807) is 54.6 Å². The maximum absolute atomic E-state index is 14.1. The van der Waals surface area contributed by atoms with E-state index >= 15 is 0 Å². The van der Waals surface area contributed by atoms with Gasteiger partial charge in [-0.15, -0.1) is 10.8 Å². The molecule has 0 spiro atoms. The number of carbonyl (C=O) groups is 2. The molecule has 4 N–H and O–H groups in total. The zero-order chi connectivity index (χ0) is 35.0. The molecule has 0 radical (unpaired) electrons. The maximum atomic E-state index is 14.1. The van der Waals surface area contributed by atoms with E-state index in [0.29, 0.717) is 27.9 Å². The molecule has 1 aliphatic rings. The molecule has 1 amide bonds. The first kappa shape index (κ1) is 33.9. The highest BCUT2D eigenvalue weighted by molar-refractivity contribution is 8.23. The number of sulfonamides is 1. The Bertz CT molecular complexity index is 2060. The number of aromatic amines is 1. The van der Waals surface area contributed by atoms with Crippen LogP contribution in [0.2, 0.25) is 0 Å². The first-order valence-electron chi connectivity index (χ1n) is 14.3. The summed E-state index contributed by atoms with van der Waals surface area (Å²) >= 11 is 0. The zero-order valence-corrected chi connectivity index (χ0v) is 26.6. The molecule has 3 aromatic carbocycles. The number of rotatable bonds is 10. The molecule has 1 saturated heterocycles. The lowest BCUT2D eigenvalue weighted by molar-refractivity contribution is -0.227. The van der Waals surface area contributed by atoms with Crippen molar-refractivity contribution in [3.8, 4) is 11.6 Å². The summed E-state index contributed by atoms with van der Waals surface area (Å²) in [6, 6.07) is 21.3. The monoisotopic (exact) mass is 717 g/mol. The fourth-order valence-corrected chi connectivity index (χ4v) is 7.86. The highest BCUT2D eigenvalue weighted by Gasteiger charge is 2.47. The number of hydrogen-bond donors (Lipinski definition) is 4. The van der Waals surface area contributed by atoms with Gasteiger partial charge in [0, 0.05) is 6.07 Å². The minimum absolute atomic E-state index is 0.0197. The van der Waals surface area contributed by atoms with Crippen LogP contribution in [-0.2, 0) is 30.9 Å². The van der Waals surface area contributed by atoms with Crippen LogP contribution < -0.4 is 9.46 Å². The summed E-state index contributed by atoms with van der Waals surface area (Å²) in [5, 5.41) is -0.953. The molecule has 0 saturated carbocycles. The topological polar surface area (TPSA) is 184 Å². The Morgan fingerprint density at radius 1 is 1.00 bits per heavy atom. The molecule has 0 bridgehead atoms. The number of carbonyl (C=O) groups excluding carboxylic acids is 2. The van der Waals surface area contributed by atoms with Crippen molar-refractivity contribution in [2.24, 2.45) is 0 Å². The highest BCUT2D eigenvalue weighted by Crippen LogP contribution is 2.56. The second-order valence-corrected chi connectivity index (χ2v) is 14.5. The second kappa shape index (κ2) is 13.1. The Hall–Kier alpha value is -5.01. The minimum atomic E-state index is -5.57. The van der Waals surface area contributed by atoms with Crippen molar-refractivity contribution in [1.29, 1.82) is 0 Å². The average Bonchev–Trinajstić information content (AvgIpc) is 3.62. The molecule has 2 aromatic heterocycles. The number of halogens is 3. The number of fused-ring (bicyclic) bond motifs is 1. The summed E-state index contributed by atoms with van der Waals surface area (Å²) in [6.45, 7) is 0. The Balaban J connectivity index is 1.40. The number of hydroxylamine groups is 1. The van der Waals surface area contributed by atoms with Crippen LogP contribution in [0.3, 0.4) is 0 Å². The molecule has 3 heterocycles. The normalized spacial score (nSPS) is 17.4. The summed E-state index contributed by atoms with van der Waals surface area (Å²) < 4.78 is 97.2. The van der Waals surface area contributed by atoms with E-state index < -0.39 is 55.0 Å². The third-order valence-corrected chi connectivity index (χ3v) is 10.8. The Morgan fingerprint density at radius 3 is 2.31 bits per heavy atom. The molecule has 2 atom stereocenters.